The first-order valence-electron chi connectivity index (χ1n) is 4.91. The molecule has 0 aliphatic heterocycles. The Kier molecular flexibility index (Phi) is 5.27. The Morgan fingerprint density at radius 3 is 2.56 bits per heavy atom. The zero-order chi connectivity index (χ0) is 12.0. The van der Waals surface area contributed by atoms with Crippen LogP contribution in [0.15, 0.2) is 24.3 Å². The van der Waals surface area contributed by atoms with Crippen molar-refractivity contribution >= 4 is 11.6 Å². The molecule has 1 atom stereocenters. The predicted octanol–water partition coefficient (Wildman–Crippen LogP) is 2.64. The van der Waals surface area contributed by atoms with Crippen LogP contribution < -0.4 is 0 Å². The van der Waals surface area contributed by atoms with Gasteiger partial charge in [-0.05, 0) is 24.1 Å². The van der Waals surface area contributed by atoms with Crippen LogP contribution in [0.3, 0.4) is 0 Å². The van der Waals surface area contributed by atoms with Crippen molar-refractivity contribution < 1.29 is 9.47 Å². The van der Waals surface area contributed by atoms with Crippen LogP contribution in [0.1, 0.15) is 5.56 Å². The molecule has 3 nitrogen and oxygen atoms in total. The van der Waals surface area contributed by atoms with Gasteiger partial charge in [-0.25, -0.2) is 0 Å². The normalized spacial score (nSPS) is 12.4. The molecule has 86 valence electrons. The van der Waals surface area contributed by atoms with Gasteiger partial charge in [-0.1, -0.05) is 23.7 Å². The molecule has 1 unspecified atom stereocenters. The fourth-order valence-corrected chi connectivity index (χ4v) is 1.76. The summed E-state index contributed by atoms with van der Waals surface area (Å²) in [7, 11) is 3.05. The van der Waals surface area contributed by atoms with E-state index in [4.69, 9.17) is 26.3 Å². The molecule has 0 N–H and O–H groups in total. The second-order valence-corrected chi connectivity index (χ2v) is 3.85. The number of hydrogen-bond donors (Lipinski definition) is 0. The lowest BCUT2D eigenvalue weighted by atomic mass is 10.0. The topological polar surface area (TPSA) is 42.2 Å². The van der Waals surface area contributed by atoms with Crippen molar-refractivity contribution in [2.45, 2.75) is 12.7 Å². The third-order valence-corrected chi connectivity index (χ3v) is 2.54. The molecule has 0 heterocycles. The maximum absolute atomic E-state index is 9.05. The number of halogens is 1. The van der Waals surface area contributed by atoms with Gasteiger partial charge in [0, 0.05) is 19.2 Å². The standard InChI is InChI=1S/C12H14ClNO2/c1-15-12(16-2)10(8-14)6-9-4-3-5-11(13)7-9/h3-5,7,10,12H,6H2,1-2H3. The zero-order valence-electron chi connectivity index (χ0n) is 9.31. The molecule has 4 heteroatoms. The summed E-state index contributed by atoms with van der Waals surface area (Å²) < 4.78 is 10.2. The van der Waals surface area contributed by atoms with Crippen molar-refractivity contribution in [1.29, 1.82) is 5.26 Å². The molecule has 0 aliphatic rings. The minimum Gasteiger partial charge on any atom is -0.354 e. The van der Waals surface area contributed by atoms with Crippen LogP contribution in [0.2, 0.25) is 5.02 Å². The average Bonchev–Trinajstić information content (AvgIpc) is 2.29. The first-order chi connectivity index (χ1) is 7.71. The molecular weight excluding hydrogens is 226 g/mol. The second kappa shape index (κ2) is 6.49. The maximum Gasteiger partial charge on any atom is 0.172 e. The van der Waals surface area contributed by atoms with Crippen molar-refractivity contribution in [3.8, 4) is 6.07 Å². The first-order valence-corrected chi connectivity index (χ1v) is 5.28. The zero-order valence-corrected chi connectivity index (χ0v) is 10.1. The molecule has 0 spiro atoms. The van der Waals surface area contributed by atoms with Crippen LogP contribution >= 0.6 is 11.6 Å². The van der Waals surface area contributed by atoms with E-state index in [-0.39, 0.29) is 5.92 Å². The van der Waals surface area contributed by atoms with Crippen LogP contribution in [0.4, 0.5) is 0 Å². The lowest BCUT2D eigenvalue weighted by Crippen LogP contribution is -2.25. The van der Waals surface area contributed by atoms with E-state index in [0.29, 0.717) is 11.4 Å². The van der Waals surface area contributed by atoms with Gasteiger partial charge in [0.25, 0.3) is 0 Å². The fraction of sp³-hybridized carbons (Fsp3) is 0.417. The van der Waals surface area contributed by atoms with E-state index in [1.165, 1.54) is 14.2 Å². The van der Waals surface area contributed by atoms with Gasteiger partial charge in [-0.3, -0.25) is 0 Å². The van der Waals surface area contributed by atoms with Gasteiger partial charge in [-0.15, -0.1) is 0 Å². The molecule has 16 heavy (non-hydrogen) atoms. The quantitative estimate of drug-likeness (QED) is 0.742. The molecule has 0 amide bonds. The summed E-state index contributed by atoms with van der Waals surface area (Å²) in [6, 6.07) is 9.61. The summed E-state index contributed by atoms with van der Waals surface area (Å²) in [5.74, 6) is -0.339. The summed E-state index contributed by atoms with van der Waals surface area (Å²) in [6.45, 7) is 0. The van der Waals surface area contributed by atoms with Gasteiger partial charge >= 0.3 is 0 Å². The van der Waals surface area contributed by atoms with Gasteiger partial charge in [0.05, 0.1) is 6.07 Å². The molecule has 0 fully saturated rings. The molecule has 0 saturated heterocycles. The highest BCUT2D eigenvalue weighted by molar-refractivity contribution is 6.30. The van der Waals surface area contributed by atoms with Crippen LogP contribution in [-0.2, 0) is 15.9 Å². The number of nitriles is 1. The summed E-state index contributed by atoms with van der Waals surface area (Å²) >= 11 is 5.87. The Morgan fingerprint density at radius 2 is 2.06 bits per heavy atom. The number of methoxy groups -OCH3 is 2. The first kappa shape index (κ1) is 13.0. The number of rotatable bonds is 5. The Labute approximate surface area is 101 Å². The third-order valence-electron chi connectivity index (χ3n) is 2.30. The van der Waals surface area contributed by atoms with E-state index in [0.717, 1.165) is 5.56 Å². The highest BCUT2D eigenvalue weighted by atomic mass is 35.5. The highest BCUT2D eigenvalue weighted by Gasteiger charge is 2.20. The largest absolute Gasteiger partial charge is 0.354 e. The van der Waals surface area contributed by atoms with E-state index in [9.17, 15) is 0 Å². The number of ether oxygens (including phenoxy) is 2. The molecule has 0 aromatic heterocycles. The molecular formula is C12H14ClNO2. The molecule has 1 aromatic rings. The Bertz CT molecular complexity index is 372. The minimum absolute atomic E-state index is 0.339. The summed E-state index contributed by atoms with van der Waals surface area (Å²) in [5.41, 5.74) is 0.998. The molecule has 0 radical (unpaired) electrons. The number of benzene rings is 1. The van der Waals surface area contributed by atoms with Gasteiger partial charge in [0.2, 0.25) is 0 Å². The monoisotopic (exact) mass is 239 g/mol. The Hall–Kier alpha value is -1.08. The SMILES string of the molecule is COC(OC)C(C#N)Cc1cccc(Cl)c1. The minimum atomic E-state index is -0.510. The van der Waals surface area contributed by atoms with Crippen molar-refractivity contribution in [3.05, 3.63) is 34.9 Å². The van der Waals surface area contributed by atoms with E-state index < -0.39 is 6.29 Å². The van der Waals surface area contributed by atoms with Crippen LogP contribution in [0.25, 0.3) is 0 Å². The lowest BCUT2D eigenvalue weighted by Gasteiger charge is -2.18. The molecule has 0 aliphatic carbocycles. The van der Waals surface area contributed by atoms with Crippen molar-refractivity contribution in [2.75, 3.05) is 14.2 Å². The Morgan fingerprint density at radius 1 is 1.38 bits per heavy atom. The van der Waals surface area contributed by atoms with E-state index >= 15 is 0 Å². The molecule has 1 aromatic carbocycles. The van der Waals surface area contributed by atoms with Crippen molar-refractivity contribution in [3.63, 3.8) is 0 Å². The van der Waals surface area contributed by atoms with Gasteiger partial charge in [0.15, 0.2) is 6.29 Å². The average molecular weight is 240 g/mol. The molecule has 1 rings (SSSR count). The van der Waals surface area contributed by atoms with E-state index in [2.05, 4.69) is 6.07 Å². The lowest BCUT2D eigenvalue weighted by molar-refractivity contribution is -0.124. The summed E-state index contributed by atoms with van der Waals surface area (Å²) in [5, 5.41) is 9.71. The molecule has 0 bridgehead atoms. The smallest absolute Gasteiger partial charge is 0.172 e. The van der Waals surface area contributed by atoms with E-state index in [1.54, 1.807) is 6.07 Å². The van der Waals surface area contributed by atoms with Crippen LogP contribution in [0.5, 0.6) is 0 Å². The van der Waals surface area contributed by atoms with Crippen LogP contribution in [0, 0.1) is 17.2 Å². The van der Waals surface area contributed by atoms with Crippen LogP contribution in [-0.4, -0.2) is 20.5 Å². The number of nitrogens with zero attached hydrogens (tertiary/aromatic N) is 1. The van der Waals surface area contributed by atoms with Gasteiger partial charge in [0.1, 0.15) is 5.92 Å². The van der Waals surface area contributed by atoms with Crippen molar-refractivity contribution in [2.24, 2.45) is 5.92 Å². The van der Waals surface area contributed by atoms with E-state index in [1.807, 2.05) is 18.2 Å². The fourth-order valence-electron chi connectivity index (χ4n) is 1.55. The predicted molar refractivity (Wildman–Crippen MR) is 62.1 cm³/mol. The van der Waals surface area contributed by atoms with Gasteiger partial charge < -0.3 is 9.47 Å². The summed E-state index contributed by atoms with van der Waals surface area (Å²) in [6.07, 6.45) is 0.0487. The highest BCUT2D eigenvalue weighted by Crippen LogP contribution is 2.17. The third kappa shape index (κ3) is 3.49. The number of hydrogen-bond acceptors (Lipinski definition) is 3. The maximum atomic E-state index is 9.05. The second-order valence-electron chi connectivity index (χ2n) is 3.41. The molecule has 0 saturated carbocycles. The van der Waals surface area contributed by atoms with Crippen molar-refractivity contribution in [1.82, 2.24) is 0 Å². The van der Waals surface area contributed by atoms with Gasteiger partial charge in [-0.2, -0.15) is 5.26 Å². The Balaban J connectivity index is 2.74. The summed E-state index contributed by atoms with van der Waals surface area (Å²) in [4.78, 5) is 0.